The van der Waals surface area contributed by atoms with Crippen LogP contribution in [-0.4, -0.2) is 16.2 Å². The lowest BCUT2D eigenvalue weighted by molar-refractivity contribution is 0.0697. The molecule has 1 heterocycles. The van der Waals surface area contributed by atoms with Crippen molar-refractivity contribution in [3.63, 3.8) is 0 Å². The molecular weight excluding hydrogens is 288 g/mol. The summed E-state index contributed by atoms with van der Waals surface area (Å²) in [4.78, 5) is 11.9. The van der Waals surface area contributed by atoms with Crippen molar-refractivity contribution < 1.29 is 19.7 Å². The second-order valence-corrected chi connectivity index (χ2v) is 5.70. The Morgan fingerprint density at radius 2 is 1.95 bits per heavy atom. The molecule has 2 aromatic carbocycles. The van der Waals surface area contributed by atoms with Crippen molar-refractivity contribution >= 4 is 27.4 Å². The first-order valence-electron chi connectivity index (χ1n) is 6.30. The van der Waals surface area contributed by atoms with Crippen LogP contribution in [0.4, 0.5) is 0 Å². The third-order valence-corrected chi connectivity index (χ3v) is 4.12. The van der Waals surface area contributed by atoms with Crippen LogP contribution in [0, 0.1) is 0 Å². The summed E-state index contributed by atoms with van der Waals surface area (Å²) < 4.78 is 6.48. The zero-order valence-electron chi connectivity index (χ0n) is 10.9. The van der Waals surface area contributed by atoms with Gasteiger partial charge >= 0.3 is 5.97 Å². The minimum absolute atomic E-state index is 0.103. The number of carboxylic acids is 1. The Balaban J connectivity index is 1.82. The maximum Gasteiger partial charge on any atom is 0.335 e. The first-order valence-corrected chi connectivity index (χ1v) is 7.12. The maximum atomic E-state index is 11.0. The zero-order valence-corrected chi connectivity index (χ0v) is 11.8. The van der Waals surface area contributed by atoms with Crippen LogP contribution in [-0.2, 0) is 6.61 Å². The van der Waals surface area contributed by atoms with Crippen molar-refractivity contribution in [2.24, 2.45) is 0 Å². The summed E-state index contributed by atoms with van der Waals surface area (Å²) in [7, 11) is 0. The molecule has 0 amide bonds. The molecule has 0 saturated heterocycles. The van der Waals surface area contributed by atoms with Crippen molar-refractivity contribution in [3.8, 4) is 11.5 Å². The van der Waals surface area contributed by atoms with Gasteiger partial charge in [-0.2, -0.15) is 0 Å². The Morgan fingerprint density at radius 3 is 2.71 bits per heavy atom. The molecular formula is C16H12O4S. The maximum absolute atomic E-state index is 11.0. The molecule has 0 atom stereocenters. The molecule has 0 aliphatic carbocycles. The van der Waals surface area contributed by atoms with Gasteiger partial charge in [-0.3, -0.25) is 0 Å². The van der Waals surface area contributed by atoms with Gasteiger partial charge in [0.05, 0.1) is 5.56 Å². The fourth-order valence-electron chi connectivity index (χ4n) is 2.02. The van der Waals surface area contributed by atoms with E-state index in [2.05, 4.69) is 0 Å². The molecule has 0 spiro atoms. The van der Waals surface area contributed by atoms with Crippen LogP contribution in [0.3, 0.4) is 0 Å². The van der Waals surface area contributed by atoms with Gasteiger partial charge in [0, 0.05) is 9.58 Å². The molecule has 5 heteroatoms. The van der Waals surface area contributed by atoms with Crippen molar-refractivity contribution in [2.45, 2.75) is 6.61 Å². The minimum atomic E-state index is -0.933. The SMILES string of the molecule is O=C(O)c1ccc2cc(COc3ccccc3O)sc2c1. The predicted octanol–water partition coefficient (Wildman–Crippen LogP) is 3.88. The number of hydrogen-bond acceptors (Lipinski definition) is 4. The highest BCUT2D eigenvalue weighted by molar-refractivity contribution is 7.19. The number of phenols is 1. The van der Waals surface area contributed by atoms with Gasteiger partial charge in [0.15, 0.2) is 11.5 Å². The number of phenolic OH excluding ortho intramolecular Hbond substituents is 1. The molecule has 0 aliphatic rings. The van der Waals surface area contributed by atoms with Gasteiger partial charge in [-0.25, -0.2) is 4.79 Å². The van der Waals surface area contributed by atoms with Gasteiger partial charge in [0.25, 0.3) is 0 Å². The van der Waals surface area contributed by atoms with E-state index < -0.39 is 5.97 Å². The number of para-hydroxylation sites is 2. The van der Waals surface area contributed by atoms with Gasteiger partial charge in [-0.15, -0.1) is 11.3 Å². The molecule has 1 aromatic heterocycles. The molecule has 2 N–H and O–H groups in total. The van der Waals surface area contributed by atoms with E-state index in [1.54, 1.807) is 42.5 Å². The highest BCUT2D eigenvalue weighted by Crippen LogP contribution is 2.30. The van der Waals surface area contributed by atoms with Gasteiger partial charge < -0.3 is 14.9 Å². The van der Waals surface area contributed by atoms with Crippen molar-refractivity contribution in [1.29, 1.82) is 0 Å². The lowest BCUT2D eigenvalue weighted by atomic mass is 10.2. The van der Waals surface area contributed by atoms with E-state index in [4.69, 9.17) is 9.84 Å². The quantitative estimate of drug-likeness (QED) is 0.767. The Hall–Kier alpha value is -2.53. The number of carboxylic acid groups (broad SMARTS) is 1. The van der Waals surface area contributed by atoms with Crippen molar-refractivity contribution in [1.82, 2.24) is 0 Å². The number of thiophene rings is 1. The largest absolute Gasteiger partial charge is 0.504 e. The highest BCUT2D eigenvalue weighted by Gasteiger charge is 2.08. The third kappa shape index (κ3) is 2.83. The Kier molecular flexibility index (Phi) is 3.50. The third-order valence-electron chi connectivity index (χ3n) is 3.05. The average Bonchev–Trinajstić information content (AvgIpc) is 2.88. The van der Waals surface area contributed by atoms with E-state index in [1.807, 2.05) is 6.07 Å². The van der Waals surface area contributed by atoms with Crippen LogP contribution in [0.15, 0.2) is 48.5 Å². The number of aromatic hydroxyl groups is 1. The molecule has 0 aliphatic heterocycles. The number of ether oxygens (including phenoxy) is 1. The Labute approximate surface area is 124 Å². The second kappa shape index (κ2) is 5.46. The lowest BCUT2D eigenvalue weighted by Gasteiger charge is -2.05. The van der Waals surface area contributed by atoms with Crippen molar-refractivity contribution in [3.05, 3.63) is 59.0 Å². The number of hydrogen-bond donors (Lipinski definition) is 2. The first-order chi connectivity index (χ1) is 10.1. The Morgan fingerprint density at radius 1 is 1.14 bits per heavy atom. The smallest absolute Gasteiger partial charge is 0.335 e. The first kappa shape index (κ1) is 13.5. The van der Waals surface area contributed by atoms with Crippen LogP contribution in [0.1, 0.15) is 15.2 Å². The molecule has 0 saturated carbocycles. The molecule has 0 fully saturated rings. The van der Waals surface area contributed by atoms with Crippen LogP contribution < -0.4 is 4.74 Å². The predicted molar refractivity (Wildman–Crippen MR) is 81.2 cm³/mol. The summed E-state index contributed by atoms with van der Waals surface area (Å²) in [6, 6.07) is 13.8. The normalized spacial score (nSPS) is 10.7. The van der Waals surface area contributed by atoms with E-state index in [1.165, 1.54) is 11.3 Å². The van der Waals surface area contributed by atoms with E-state index in [9.17, 15) is 9.90 Å². The number of fused-ring (bicyclic) bond motifs is 1. The van der Waals surface area contributed by atoms with Gasteiger partial charge in [-0.1, -0.05) is 18.2 Å². The molecule has 0 bridgehead atoms. The van der Waals surface area contributed by atoms with Crippen LogP contribution in [0.25, 0.3) is 10.1 Å². The van der Waals surface area contributed by atoms with Crippen molar-refractivity contribution in [2.75, 3.05) is 0 Å². The van der Waals surface area contributed by atoms with E-state index in [0.29, 0.717) is 12.4 Å². The number of carbonyl (C=O) groups is 1. The van der Waals surface area contributed by atoms with Crippen LogP contribution in [0.2, 0.25) is 0 Å². The standard InChI is InChI=1S/C16H12O4S/c17-13-3-1-2-4-14(13)20-9-12-7-10-5-6-11(16(18)19)8-15(10)21-12/h1-8,17H,9H2,(H,18,19). The molecule has 0 unspecified atom stereocenters. The highest BCUT2D eigenvalue weighted by atomic mass is 32.1. The zero-order chi connectivity index (χ0) is 14.8. The van der Waals surface area contributed by atoms with Gasteiger partial charge in [-0.05, 0) is 35.7 Å². The summed E-state index contributed by atoms with van der Waals surface area (Å²) in [6.07, 6.45) is 0. The topological polar surface area (TPSA) is 66.8 Å². The second-order valence-electron chi connectivity index (χ2n) is 4.53. The van der Waals surface area contributed by atoms with Crippen LogP contribution >= 0.6 is 11.3 Å². The average molecular weight is 300 g/mol. The van der Waals surface area contributed by atoms with E-state index >= 15 is 0 Å². The fraction of sp³-hybridized carbons (Fsp3) is 0.0625. The molecule has 106 valence electrons. The number of rotatable bonds is 4. The summed E-state index contributed by atoms with van der Waals surface area (Å²) in [5, 5.41) is 19.6. The van der Waals surface area contributed by atoms with Gasteiger partial charge in [0.2, 0.25) is 0 Å². The molecule has 3 rings (SSSR count). The number of aromatic carboxylic acids is 1. The summed E-state index contributed by atoms with van der Waals surface area (Å²) in [6.45, 7) is 0.333. The molecule has 4 nitrogen and oxygen atoms in total. The molecule has 0 radical (unpaired) electrons. The van der Waals surface area contributed by atoms with Gasteiger partial charge in [0.1, 0.15) is 6.61 Å². The van der Waals surface area contributed by atoms with E-state index in [0.717, 1.165) is 15.0 Å². The van der Waals surface area contributed by atoms with E-state index in [-0.39, 0.29) is 11.3 Å². The number of benzene rings is 2. The summed E-state index contributed by atoms with van der Waals surface area (Å²) in [5.41, 5.74) is 0.275. The molecule has 21 heavy (non-hydrogen) atoms. The summed E-state index contributed by atoms with van der Waals surface area (Å²) in [5.74, 6) is -0.398. The minimum Gasteiger partial charge on any atom is -0.504 e. The summed E-state index contributed by atoms with van der Waals surface area (Å²) >= 11 is 1.48. The monoisotopic (exact) mass is 300 g/mol. The molecule has 3 aromatic rings. The van der Waals surface area contributed by atoms with Crippen LogP contribution in [0.5, 0.6) is 11.5 Å². The Bertz CT molecular complexity index is 807. The fourth-order valence-corrected chi connectivity index (χ4v) is 3.04. The lowest BCUT2D eigenvalue weighted by Crippen LogP contribution is -1.94.